The molecule has 0 unspecified atom stereocenters. The molecule has 3 atom stereocenters. The van der Waals surface area contributed by atoms with Crippen molar-refractivity contribution in [2.45, 2.75) is 37.7 Å². The molecule has 4 nitrogen and oxygen atoms in total. The van der Waals surface area contributed by atoms with Crippen molar-refractivity contribution in [3.05, 3.63) is 107 Å². The van der Waals surface area contributed by atoms with Gasteiger partial charge in [-0.25, -0.2) is 14.2 Å². The van der Waals surface area contributed by atoms with E-state index in [1.807, 2.05) is 54.6 Å². The van der Waals surface area contributed by atoms with Crippen molar-refractivity contribution in [1.29, 1.82) is 0 Å². The highest BCUT2D eigenvalue weighted by Gasteiger charge is 2.55. The van der Waals surface area contributed by atoms with E-state index in [0.29, 0.717) is 29.4 Å². The Kier molecular flexibility index (Phi) is 5.71. The summed E-state index contributed by atoms with van der Waals surface area (Å²) in [6, 6.07) is 24.5. The number of esters is 1. The molecule has 0 N–H and O–H groups in total. The molecule has 2 bridgehead atoms. The maximum atomic E-state index is 15.4. The van der Waals surface area contributed by atoms with E-state index < -0.39 is 11.4 Å². The fourth-order valence-corrected chi connectivity index (χ4v) is 6.57. The lowest BCUT2D eigenvalue weighted by atomic mass is 9.63. The minimum atomic E-state index is -0.585. The van der Waals surface area contributed by atoms with Crippen LogP contribution in [0, 0.1) is 17.7 Å². The topological polar surface area (TPSA) is 48.4 Å². The van der Waals surface area contributed by atoms with E-state index in [9.17, 15) is 4.79 Å². The number of hydrogen-bond acceptors (Lipinski definition) is 4. The van der Waals surface area contributed by atoms with Gasteiger partial charge in [-0.1, -0.05) is 48.9 Å². The number of rotatable bonds is 6. The number of carbonyl (C=O) groups excluding carboxylic acids is 1. The molecule has 182 valence electrons. The number of para-hydroxylation sites is 1. The van der Waals surface area contributed by atoms with E-state index in [1.54, 1.807) is 18.2 Å². The quantitative estimate of drug-likeness (QED) is 0.283. The van der Waals surface area contributed by atoms with Crippen molar-refractivity contribution in [3.63, 3.8) is 0 Å². The Morgan fingerprint density at radius 2 is 1.83 bits per heavy atom. The van der Waals surface area contributed by atoms with Gasteiger partial charge in [0.05, 0.1) is 23.9 Å². The molecule has 0 spiro atoms. The summed E-state index contributed by atoms with van der Waals surface area (Å²) in [7, 11) is 1.39. The standard InChI is InChI=1S/C31H28FNO3/c1-35-30(34)25-15-14-24(36-19-23-13-11-21-6-2-5-9-29(21)33-23)17-27(25)31(18-20-10-12-22(31)16-20)26-7-3-4-8-28(26)32/h2-9,11,13-15,17,20,22H,10,12,16,18-19H2,1H3/t20-,22-,31+/m0/s1. The Balaban J connectivity index is 1.42. The van der Waals surface area contributed by atoms with Gasteiger partial charge < -0.3 is 9.47 Å². The number of carbonyl (C=O) groups is 1. The normalized spacial score (nSPS) is 22.6. The number of aromatic nitrogens is 1. The average Bonchev–Trinajstić information content (AvgIpc) is 3.54. The molecule has 4 aromatic rings. The molecule has 2 saturated carbocycles. The van der Waals surface area contributed by atoms with Crippen molar-refractivity contribution in [3.8, 4) is 5.75 Å². The first-order chi connectivity index (χ1) is 17.6. The third-order valence-corrected chi connectivity index (χ3v) is 8.12. The smallest absolute Gasteiger partial charge is 0.338 e. The van der Waals surface area contributed by atoms with Crippen LogP contribution < -0.4 is 4.74 Å². The van der Waals surface area contributed by atoms with Gasteiger partial charge in [-0.2, -0.15) is 0 Å². The van der Waals surface area contributed by atoms with Crippen LogP contribution in [0.4, 0.5) is 4.39 Å². The maximum Gasteiger partial charge on any atom is 0.338 e. The molecule has 2 aliphatic rings. The lowest BCUT2D eigenvalue weighted by Crippen LogP contribution is -2.36. The number of fused-ring (bicyclic) bond motifs is 3. The van der Waals surface area contributed by atoms with Gasteiger partial charge in [-0.05, 0) is 78.6 Å². The summed E-state index contributed by atoms with van der Waals surface area (Å²) in [6.45, 7) is 0.292. The van der Waals surface area contributed by atoms with E-state index in [-0.39, 0.29) is 11.7 Å². The molecule has 0 radical (unpaired) electrons. The van der Waals surface area contributed by atoms with Crippen molar-refractivity contribution < 1.29 is 18.7 Å². The molecule has 5 heteroatoms. The van der Waals surface area contributed by atoms with Crippen LogP contribution in [0.5, 0.6) is 5.75 Å². The summed E-state index contributed by atoms with van der Waals surface area (Å²) in [5, 5.41) is 1.08. The van der Waals surface area contributed by atoms with Crippen molar-refractivity contribution in [1.82, 2.24) is 4.98 Å². The Bertz CT molecular complexity index is 1450. The molecule has 0 amide bonds. The van der Waals surface area contributed by atoms with Gasteiger partial charge in [0.25, 0.3) is 0 Å². The van der Waals surface area contributed by atoms with Crippen LogP contribution >= 0.6 is 0 Å². The highest BCUT2D eigenvalue weighted by molar-refractivity contribution is 5.92. The lowest BCUT2D eigenvalue weighted by molar-refractivity contribution is 0.0596. The van der Waals surface area contributed by atoms with Gasteiger partial charge >= 0.3 is 5.97 Å². The fraction of sp³-hybridized carbons (Fsp3) is 0.290. The largest absolute Gasteiger partial charge is 0.487 e. The minimum Gasteiger partial charge on any atom is -0.487 e. The van der Waals surface area contributed by atoms with Crippen LogP contribution in [0.2, 0.25) is 0 Å². The molecule has 6 rings (SSSR count). The van der Waals surface area contributed by atoms with Crippen molar-refractivity contribution >= 4 is 16.9 Å². The highest BCUT2D eigenvalue weighted by Crippen LogP contribution is 2.61. The van der Waals surface area contributed by atoms with Crippen LogP contribution in [-0.2, 0) is 16.8 Å². The third kappa shape index (κ3) is 3.74. The van der Waals surface area contributed by atoms with Crippen molar-refractivity contribution in [2.24, 2.45) is 11.8 Å². The first-order valence-electron chi connectivity index (χ1n) is 12.5. The second kappa shape index (κ2) is 9.05. The monoisotopic (exact) mass is 481 g/mol. The van der Waals surface area contributed by atoms with E-state index in [0.717, 1.165) is 47.8 Å². The van der Waals surface area contributed by atoms with Crippen LogP contribution in [0.3, 0.4) is 0 Å². The molecule has 1 heterocycles. The van der Waals surface area contributed by atoms with Gasteiger partial charge in [0, 0.05) is 10.8 Å². The number of halogens is 1. The summed E-state index contributed by atoms with van der Waals surface area (Å²) >= 11 is 0. The SMILES string of the molecule is COC(=O)c1ccc(OCc2ccc3ccccc3n2)cc1[C@]1(c2ccccc2F)C[C@H]2CC[C@H]1C2. The minimum absolute atomic E-state index is 0.229. The molecule has 2 fully saturated rings. The maximum absolute atomic E-state index is 15.4. The summed E-state index contributed by atoms with van der Waals surface area (Å²) in [5.41, 5.74) is 3.09. The number of nitrogens with zero attached hydrogens (tertiary/aromatic N) is 1. The zero-order valence-electron chi connectivity index (χ0n) is 20.2. The van der Waals surface area contributed by atoms with E-state index >= 15 is 4.39 Å². The lowest BCUT2D eigenvalue weighted by Gasteiger charge is -2.40. The van der Waals surface area contributed by atoms with E-state index in [2.05, 4.69) is 0 Å². The Hall–Kier alpha value is -3.73. The molecule has 1 aromatic heterocycles. The number of hydrogen-bond donors (Lipinski definition) is 0. The zero-order valence-corrected chi connectivity index (χ0v) is 20.2. The zero-order chi connectivity index (χ0) is 24.7. The molecule has 2 aliphatic carbocycles. The first kappa shape index (κ1) is 22.7. The average molecular weight is 482 g/mol. The van der Waals surface area contributed by atoms with Gasteiger partial charge in [0.15, 0.2) is 0 Å². The second-order valence-electron chi connectivity index (χ2n) is 10.0. The van der Waals surface area contributed by atoms with Crippen molar-refractivity contribution in [2.75, 3.05) is 7.11 Å². The third-order valence-electron chi connectivity index (χ3n) is 8.12. The molecule has 36 heavy (non-hydrogen) atoms. The number of benzene rings is 3. The highest BCUT2D eigenvalue weighted by atomic mass is 19.1. The predicted molar refractivity (Wildman–Crippen MR) is 136 cm³/mol. The van der Waals surface area contributed by atoms with Gasteiger partial charge in [-0.3, -0.25) is 0 Å². The number of pyridine rings is 1. The van der Waals surface area contributed by atoms with Crippen LogP contribution in [-0.4, -0.2) is 18.1 Å². The summed E-state index contributed by atoms with van der Waals surface area (Å²) in [4.78, 5) is 17.6. The Morgan fingerprint density at radius 1 is 1.00 bits per heavy atom. The van der Waals surface area contributed by atoms with Crippen LogP contribution in [0.25, 0.3) is 10.9 Å². The second-order valence-corrected chi connectivity index (χ2v) is 10.0. The summed E-state index contributed by atoms with van der Waals surface area (Å²) in [5.74, 6) is 0.775. The Labute approximate surface area is 210 Å². The summed E-state index contributed by atoms with van der Waals surface area (Å²) in [6.07, 6.45) is 4.03. The molecule has 0 aliphatic heterocycles. The van der Waals surface area contributed by atoms with E-state index in [4.69, 9.17) is 14.5 Å². The molecular formula is C31H28FNO3. The number of ether oxygens (including phenoxy) is 2. The number of methoxy groups -OCH3 is 1. The van der Waals surface area contributed by atoms with Crippen LogP contribution in [0.1, 0.15) is 52.9 Å². The predicted octanol–water partition coefficient (Wildman–Crippen LogP) is 6.85. The fourth-order valence-electron chi connectivity index (χ4n) is 6.57. The van der Waals surface area contributed by atoms with E-state index in [1.165, 1.54) is 13.2 Å². The Morgan fingerprint density at radius 3 is 2.61 bits per heavy atom. The molecular weight excluding hydrogens is 453 g/mol. The van der Waals surface area contributed by atoms with Gasteiger partial charge in [0.2, 0.25) is 0 Å². The van der Waals surface area contributed by atoms with Crippen LogP contribution in [0.15, 0.2) is 78.9 Å². The van der Waals surface area contributed by atoms with Gasteiger partial charge in [0.1, 0.15) is 18.2 Å². The molecule has 0 saturated heterocycles. The molecule has 3 aromatic carbocycles. The summed E-state index contributed by atoms with van der Waals surface area (Å²) < 4.78 is 26.7. The first-order valence-corrected chi connectivity index (χ1v) is 12.5. The van der Waals surface area contributed by atoms with Gasteiger partial charge in [-0.15, -0.1) is 0 Å².